The lowest BCUT2D eigenvalue weighted by molar-refractivity contribution is -0.145. The second-order valence-corrected chi connectivity index (χ2v) is 10.2. The molecule has 0 spiro atoms. The van der Waals surface area contributed by atoms with Gasteiger partial charge in [-0.05, 0) is 53.6 Å². The number of amides is 2. The van der Waals surface area contributed by atoms with Crippen LogP contribution >= 0.6 is 0 Å². The minimum atomic E-state index is -1.01. The Balaban J connectivity index is 0.00000177. The summed E-state index contributed by atoms with van der Waals surface area (Å²) in [5, 5.41) is 12.4. The number of carbonyl (C=O) groups is 2. The number of halogens is 1. The van der Waals surface area contributed by atoms with Gasteiger partial charge in [-0.2, -0.15) is 5.26 Å². The van der Waals surface area contributed by atoms with Crippen molar-refractivity contribution in [2.24, 2.45) is 5.92 Å². The molecule has 2 unspecified atom stereocenters. The lowest BCUT2D eigenvalue weighted by Crippen LogP contribution is -2.51. The van der Waals surface area contributed by atoms with Gasteiger partial charge in [-0.1, -0.05) is 65.7 Å². The molecule has 0 aliphatic rings. The van der Waals surface area contributed by atoms with E-state index < -0.39 is 17.5 Å². The molecule has 0 aliphatic heterocycles. The normalized spacial score (nSPS) is 12.8. The van der Waals surface area contributed by atoms with E-state index in [0.29, 0.717) is 47.4 Å². The summed E-state index contributed by atoms with van der Waals surface area (Å²) in [6.45, 7) is 10.4. The number of benzene rings is 2. The number of hydrogen-bond donors (Lipinski definition) is 1. The number of rotatable bonds is 13. The van der Waals surface area contributed by atoms with Gasteiger partial charge in [0.15, 0.2) is 0 Å². The molecule has 7 nitrogen and oxygen atoms in total. The van der Waals surface area contributed by atoms with E-state index in [1.807, 2.05) is 13.8 Å². The first-order valence-corrected chi connectivity index (χ1v) is 13.4. The second kappa shape index (κ2) is 16.5. The van der Waals surface area contributed by atoms with Crippen molar-refractivity contribution in [3.8, 4) is 22.9 Å². The fraction of sp³-hybridized carbons (Fsp3) is 0.516. The Morgan fingerprint density at radius 2 is 1.77 bits per heavy atom. The van der Waals surface area contributed by atoms with Gasteiger partial charge in [0.25, 0.3) is 5.91 Å². The Bertz CT molecular complexity index is 1110. The Morgan fingerprint density at radius 3 is 2.26 bits per heavy atom. The first-order valence-electron chi connectivity index (χ1n) is 13.4. The van der Waals surface area contributed by atoms with Crippen LogP contribution < -0.4 is 15.0 Å². The largest absolute Gasteiger partial charge is 0.495 e. The zero-order valence-electron chi connectivity index (χ0n) is 24.6. The molecule has 8 heteroatoms. The summed E-state index contributed by atoms with van der Waals surface area (Å²) in [6.07, 6.45) is 3.44. The van der Waals surface area contributed by atoms with Crippen LogP contribution in [0.15, 0.2) is 36.4 Å². The van der Waals surface area contributed by atoms with Crippen molar-refractivity contribution >= 4 is 18.0 Å². The van der Waals surface area contributed by atoms with E-state index in [2.05, 4.69) is 32.2 Å². The average Bonchev–Trinajstić information content (AvgIpc) is 2.93. The molecule has 0 heterocycles. The highest BCUT2D eigenvalue weighted by atomic mass is 19.1. The fourth-order valence-corrected chi connectivity index (χ4v) is 3.99. The maximum atomic E-state index is 15.0. The van der Waals surface area contributed by atoms with Gasteiger partial charge in [0.1, 0.15) is 23.2 Å². The molecule has 2 aromatic rings. The summed E-state index contributed by atoms with van der Waals surface area (Å²) in [4.78, 5) is 25.6. The van der Waals surface area contributed by atoms with Gasteiger partial charge in [0.2, 0.25) is 6.41 Å². The molecule has 0 saturated carbocycles. The SMILES string of the molecule is CC(C)C.CCCCC(CC)(OC)C(=O)NC(C#N)Cc1ccc(-c2ccc(OC)c(N(C)C=O)c2)cc1F. The Labute approximate surface area is 233 Å². The molecular weight excluding hydrogens is 497 g/mol. The van der Waals surface area contributed by atoms with Gasteiger partial charge in [0, 0.05) is 20.6 Å². The average molecular weight is 542 g/mol. The fourth-order valence-electron chi connectivity index (χ4n) is 3.99. The van der Waals surface area contributed by atoms with Gasteiger partial charge in [0.05, 0.1) is 18.9 Å². The zero-order chi connectivity index (χ0) is 29.6. The van der Waals surface area contributed by atoms with Gasteiger partial charge in [-0.3, -0.25) is 9.59 Å². The molecule has 39 heavy (non-hydrogen) atoms. The molecule has 0 aliphatic carbocycles. The number of ether oxygens (including phenoxy) is 2. The van der Waals surface area contributed by atoms with Crippen molar-refractivity contribution in [2.75, 3.05) is 26.2 Å². The number of anilines is 1. The highest BCUT2D eigenvalue weighted by Crippen LogP contribution is 2.33. The van der Waals surface area contributed by atoms with Crippen molar-refractivity contribution in [1.82, 2.24) is 5.32 Å². The van der Waals surface area contributed by atoms with Crippen LogP contribution in [0.2, 0.25) is 0 Å². The number of unbranched alkanes of at least 4 members (excludes halogenated alkanes) is 1. The van der Waals surface area contributed by atoms with E-state index in [1.54, 1.807) is 37.4 Å². The van der Waals surface area contributed by atoms with Gasteiger partial charge in [-0.15, -0.1) is 0 Å². The third kappa shape index (κ3) is 9.67. The minimum Gasteiger partial charge on any atom is -0.495 e. The van der Waals surface area contributed by atoms with Gasteiger partial charge < -0.3 is 19.7 Å². The molecule has 0 fully saturated rings. The smallest absolute Gasteiger partial charge is 0.253 e. The lowest BCUT2D eigenvalue weighted by Gasteiger charge is -2.31. The Morgan fingerprint density at radius 1 is 1.15 bits per heavy atom. The number of hydrogen-bond acceptors (Lipinski definition) is 5. The summed E-state index contributed by atoms with van der Waals surface area (Å²) >= 11 is 0. The van der Waals surface area contributed by atoms with E-state index in [4.69, 9.17) is 9.47 Å². The number of nitriles is 1. The van der Waals surface area contributed by atoms with Crippen LogP contribution in [0, 0.1) is 23.1 Å². The maximum absolute atomic E-state index is 15.0. The molecule has 2 aromatic carbocycles. The molecular formula is C31H44FN3O4. The summed E-state index contributed by atoms with van der Waals surface area (Å²) in [5.74, 6) is 0.508. The molecule has 0 saturated heterocycles. The summed E-state index contributed by atoms with van der Waals surface area (Å²) in [7, 11) is 4.61. The van der Waals surface area contributed by atoms with Crippen LogP contribution in [0.25, 0.3) is 11.1 Å². The van der Waals surface area contributed by atoms with E-state index in [0.717, 1.165) is 18.8 Å². The van der Waals surface area contributed by atoms with Crippen LogP contribution in [0.5, 0.6) is 5.75 Å². The predicted molar refractivity (Wildman–Crippen MR) is 154 cm³/mol. The van der Waals surface area contributed by atoms with Crippen LogP contribution in [-0.2, 0) is 20.7 Å². The molecule has 214 valence electrons. The molecule has 2 rings (SSSR count). The quantitative estimate of drug-likeness (QED) is 0.301. The van der Waals surface area contributed by atoms with Crippen molar-refractivity contribution in [3.63, 3.8) is 0 Å². The van der Waals surface area contributed by atoms with Crippen molar-refractivity contribution in [2.45, 2.75) is 78.4 Å². The third-order valence-electron chi connectivity index (χ3n) is 6.30. The minimum absolute atomic E-state index is 0.0212. The summed E-state index contributed by atoms with van der Waals surface area (Å²) < 4.78 is 25.9. The van der Waals surface area contributed by atoms with E-state index >= 15 is 4.39 Å². The van der Waals surface area contributed by atoms with Gasteiger partial charge >= 0.3 is 0 Å². The van der Waals surface area contributed by atoms with E-state index in [1.165, 1.54) is 25.2 Å². The van der Waals surface area contributed by atoms with Crippen LogP contribution in [0.1, 0.15) is 65.9 Å². The molecule has 0 aromatic heterocycles. The second-order valence-electron chi connectivity index (χ2n) is 10.2. The highest BCUT2D eigenvalue weighted by molar-refractivity contribution is 5.85. The maximum Gasteiger partial charge on any atom is 0.253 e. The third-order valence-corrected chi connectivity index (χ3v) is 6.30. The van der Waals surface area contributed by atoms with E-state index in [9.17, 15) is 14.9 Å². The van der Waals surface area contributed by atoms with Crippen LogP contribution in [-0.4, -0.2) is 45.2 Å². The number of nitrogens with zero attached hydrogens (tertiary/aromatic N) is 2. The lowest BCUT2D eigenvalue weighted by atomic mass is 9.91. The Hall–Kier alpha value is -3.44. The monoisotopic (exact) mass is 541 g/mol. The van der Waals surface area contributed by atoms with Crippen molar-refractivity contribution in [3.05, 3.63) is 47.8 Å². The summed E-state index contributed by atoms with van der Waals surface area (Å²) in [6, 6.07) is 11.1. The standard InChI is InChI=1S/C27H34FN3O4.C4H10/c1-6-8-13-27(7-2,35-5)26(33)30-22(17-29)14-21-10-9-19(15-23(21)28)20-11-12-25(34-4)24(16-20)31(3)18-32;1-4(2)3/h9-12,15-16,18,22H,6-8,13-14H2,1-5H3,(H,30,33);4H,1-3H3. The number of carbonyl (C=O) groups excluding carboxylic acids is 2. The predicted octanol–water partition coefficient (Wildman–Crippen LogP) is 6.29. The molecule has 1 N–H and O–H groups in total. The van der Waals surface area contributed by atoms with E-state index in [-0.39, 0.29) is 12.3 Å². The molecule has 0 radical (unpaired) electrons. The molecule has 0 bridgehead atoms. The molecule has 2 atom stereocenters. The number of nitrogens with one attached hydrogen (secondary N) is 1. The van der Waals surface area contributed by atoms with Crippen molar-refractivity contribution < 1.29 is 23.5 Å². The van der Waals surface area contributed by atoms with Gasteiger partial charge in [-0.25, -0.2) is 4.39 Å². The van der Waals surface area contributed by atoms with Crippen molar-refractivity contribution in [1.29, 1.82) is 5.26 Å². The van der Waals surface area contributed by atoms with Crippen LogP contribution in [0.4, 0.5) is 10.1 Å². The highest BCUT2D eigenvalue weighted by Gasteiger charge is 2.37. The first-order chi connectivity index (χ1) is 18.5. The molecule has 2 amide bonds. The summed E-state index contributed by atoms with van der Waals surface area (Å²) in [5.41, 5.74) is 1.17. The van der Waals surface area contributed by atoms with Crippen LogP contribution in [0.3, 0.4) is 0 Å². The number of methoxy groups -OCH3 is 2. The topological polar surface area (TPSA) is 91.7 Å². The first kappa shape index (κ1) is 33.6. The Kier molecular flexibility index (Phi) is 14.2. The zero-order valence-corrected chi connectivity index (χ0v) is 24.6.